The van der Waals surface area contributed by atoms with Gasteiger partial charge in [0.25, 0.3) is 5.91 Å². The fourth-order valence-electron chi connectivity index (χ4n) is 2.51. The largest absolute Gasteiger partial charge is 0.344 e. The number of aryl methyl sites for hydroxylation is 1. The molecule has 2 amide bonds. The lowest BCUT2D eigenvalue weighted by molar-refractivity contribution is -0.386. The maximum atomic E-state index is 12.0. The van der Waals surface area contributed by atoms with Crippen LogP contribution in [0.25, 0.3) is 0 Å². The van der Waals surface area contributed by atoms with Crippen molar-refractivity contribution >= 4 is 17.5 Å². The number of aromatic nitrogens is 2. The third-order valence-electron chi connectivity index (χ3n) is 3.87. The third kappa shape index (κ3) is 4.92. The molecule has 1 heterocycles. The molecule has 0 radical (unpaired) electrons. The summed E-state index contributed by atoms with van der Waals surface area (Å²) >= 11 is 0. The summed E-state index contributed by atoms with van der Waals surface area (Å²) in [6.07, 6.45) is 5.04. The molecule has 0 unspecified atom stereocenters. The van der Waals surface area contributed by atoms with Crippen LogP contribution in [0.3, 0.4) is 0 Å². The van der Waals surface area contributed by atoms with Gasteiger partial charge in [0, 0.05) is 5.56 Å². The lowest BCUT2D eigenvalue weighted by Crippen LogP contribution is -2.37. The number of nitrogens with one attached hydrogen (secondary N) is 2. The van der Waals surface area contributed by atoms with Crippen LogP contribution in [0.1, 0.15) is 27.3 Å². The molecule has 27 heavy (non-hydrogen) atoms. The summed E-state index contributed by atoms with van der Waals surface area (Å²) in [5.74, 6) is 1.51. The normalized spacial score (nSPS) is 10.1. The topological polar surface area (TPSA) is 119 Å². The van der Waals surface area contributed by atoms with Gasteiger partial charge in [0.15, 0.2) is 0 Å². The van der Waals surface area contributed by atoms with Gasteiger partial charge in [0.05, 0.1) is 24.6 Å². The van der Waals surface area contributed by atoms with Crippen molar-refractivity contribution in [3.8, 4) is 12.3 Å². The molecule has 0 spiro atoms. The first-order valence-corrected chi connectivity index (χ1v) is 8.09. The number of terminal acetylenes is 1. The van der Waals surface area contributed by atoms with Crippen molar-refractivity contribution < 1.29 is 14.5 Å². The fourth-order valence-corrected chi connectivity index (χ4v) is 2.51. The van der Waals surface area contributed by atoms with Gasteiger partial charge in [0.2, 0.25) is 5.91 Å². The first-order valence-electron chi connectivity index (χ1n) is 8.09. The second kappa shape index (κ2) is 8.62. The van der Waals surface area contributed by atoms with Crippen LogP contribution in [0, 0.1) is 36.3 Å². The molecule has 0 fully saturated rings. The van der Waals surface area contributed by atoms with E-state index in [1.807, 2.05) is 0 Å². The minimum atomic E-state index is -0.443. The molecule has 140 valence electrons. The van der Waals surface area contributed by atoms with Gasteiger partial charge in [-0.1, -0.05) is 18.1 Å². The van der Waals surface area contributed by atoms with Gasteiger partial charge < -0.3 is 10.6 Å². The highest BCUT2D eigenvalue weighted by molar-refractivity contribution is 5.96. The molecule has 0 aliphatic carbocycles. The summed E-state index contributed by atoms with van der Waals surface area (Å²) in [4.78, 5) is 34.1. The molecule has 1 aromatic heterocycles. The molecule has 0 saturated heterocycles. The molecule has 2 rings (SSSR count). The zero-order valence-corrected chi connectivity index (χ0v) is 15.0. The van der Waals surface area contributed by atoms with Crippen molar-refractivity contribution in [1.29, 1.82) is 0 Å². The Morgan fingerprint density at radius 1 is 1.26 bits per heavy atom. The monoisotopic (exact) mass is 369 g/mol. The Morgan fingerprint density at radius 2 is 1.93 bits per heavy atom. The second-order valence-corrected chi connectivity index (χ2v) is 5.79. The van der Waals surface area contributed by atoms with E-state index < -0.39 is 4.92 Å². The predicted octanol–water partition coefficient (Wildman–Crippen LogP) is 0.936. The quantitative estimate of drug-likeness (QED) is 0.428. The Hall–Kier alpha value is -3.67. The number of nitrogens with zero attached hydrogens (tertiary/aromatic N) is 3. The number of amides is 2. The van der Waals surface area contributed by atoms with Gasteiger partial charge in [-0.3, -0.25) is 24.4 Å². The van der Waals surface area contributed by atoms with Crippen molar-refractivity contribution in [2.45, 2.75) is 20.4 Å². The standard InChI is InChI=1S/C18H19N5O4/c1-4-9-19-16(24)10-20-18(25)15-7-5-14(6-8-15)11-22-13(3)17(23(26)27)12(2)21-22/h1,5-8H,9-11H2,2-3H3,(H,19,24)(H,20,25). The van der Waals surface area contributed by atoms with Crippen molar-refractivity contribution in [1.82, 2.24) is 20.4 Å². The highest BCUT2D eigenvalue weighted by Crippen LogP contribution is 2.22. The number of carbonyl (C=O) groups is 2. The van der Waals surface area contributed by atoms with E-state index in [-0.39, 0.29) is 30.6 Å². The summed E-state index contributed by atoms with van der Waals surface area (Å²) in [5, 5.41) is 20.2. The lowest BCUT2D eigenvalue weighted by atomic mass is 10.1. The van der Waals surface area contributed by atoms with Crippen LogP contribution in [0.15, 0.2) is 24.3 Å². The molecule has 0 saturated carbocycles. The zero-order valence-electron chi connectivity index (χ0n) is 15.0. The molecule has 0 atom stereocenters. The summed E-state index contributed by atoms with van der Waals surface area (Å²) in [6.45, 7) is 3.52. The van der Waals surface area contributed by atoms with E-state index >= 15 is 0 Å². The highest BCUT2D eigenvalue weighted by atomic mass is 16.6. The average molecular weight is 369 g/mol. The number of hydrogen-bond donors (Lipinski definition) is 2. The van der Waals surface area contributed by atoms with Crippen molar-refractivity contribution in [2.24, 2.45) is 0 Å². The summed E-state index contributed by atoms with van der Waals surface area (Å²) in [7, 11) is 0. The van der Waals surface area contributed by atoms with E-state index in [0.717, 1.165) is 5.56 Å². The van der Waals surface area contributed by atoms with Crippen LogP contribution in [-0.2, 0) is 11.3 Å². The SMILES string of the molecule is C#CCNC(=O)CNC(=O)c1ccc(Cn2nc(C)c([N+](=O)[O-])c2C)cc1. The number of benzene rings is 1. The number of rotatable bonds is 7. The van der Waals surface area contributed by atoms with Gasteiger partial charge in [0.1, 0.15) is 11.4 Å². The van der Waals surface area contributed by atoms with Crippen LogP contribution >= 0.6 is 0 Å². The van der Waals surface area contributed by atoms with Gasteiger partial charge in [-0.05, 0) is 31.5 Å². The Kier molecular flexibility index (Phi) is 6.27. The van der Waals surface area contributed by atoms with Crippen LogP contribution in [0.4, 0.5) is 5.69 Å². The second-order valence-electron chi connectivity index (χ2n) is 5.79. The maximum absolute atomic E-state index is 12.0. The predicted molar refractivity (Wildman–Crippen MR) is 98.1 cm³/mol. The minimum absolute atomic E-state index is 0.00844. The molecular formula is C18H19N5O4. The Balaban J connectivity index is 2.00. The Morgan fingerprint density at radius 3 is 2.48 bits per heavy atom. The molecule has 9 heteroatoms. The zero-order chi connectivity index (χ0) is 20.0. The molecule has 0 aliphatic rings. The molecule has 2 aromatic rings. The van der Waals surface area contributed by atoms with E-state index in [0.29, 0.717) is 23.5 Å². The van der Waals surface area contributed by atoms with Gasteiger partial charge >= 0.3 is 5.69 Å². The lowest BCUT2D eigenvalue weighted by Gasteiger charge is -2.07. The molecule has 0 aliphatic heterocycles. The summed E-state index contributed by atoms with van der Waals surface area (Å²) in [6, 6.07) is 6.69. The number of hydrogen-bond acceptors (Lipinski definition) is 5. The third-order valence-corrected chi connectivity index (χ3v) is 3.87. The fraction of sp³-hybridized carbons (Fsp3) is 0.278. The van der Waals surface area contributed by atoms with Crippen LogP contribution in [-0.4, -0.2) is 39.6 Å². The van der Waals surface area contributed by atoms with E-state index in [2.05, 4.69) is 21.7 Å². The van der Waals surface area contributed by atoms with Crippen molar-refractivity contribution in [3.05, 3.63) is 56.9 Å². The molecule has 2 N–H and O–H groups in total. The molecule has 1 aromatic carbocycles. The number of carbonyl (C=O) groups excluding carboxylic acids is 2. The first-order chi connectivity index (χ1) is 12.8. The van der Waals surface area contributed by atoms with Crippen LogP contribution < -0.4 is 10.6 Å². The maximum Gasteiger partial charge on any atom is 0.312 e. The van der Waals surface area contributed by atoms with Crippen LogP contribution in [0.2, 0.25) is 0 Å². The van der Waals surface area contributed by atoms with Gasteiger partial charge in [-0.2, -0.15) is 5.10 Å². The molecular weight excluding hydrogens is 350 g/mol. The van der Waals surface area contributed by atoms with Crippen molar-refractivity contribution in [2.75, 3.05) is 13.1 Å². The first kappa shape index (κ1) is 19.7. The summed E-state index contributed by atoms with van der Waals surface area (Å²) < 4.78 is 1.55. The Bertz CT molecular complexity index is 909. The van der Waals surface area contributed by atoms with Crippen LogP contribution in [0.5, 0.6) is 0 Å². The molecule has 0 bridgehead atoms. The smallest absolute Gasteiger partial charge is 0.312 e. The van der Waals surface area contributed by atoms with E-state index in [1.165, 1.54) is 0 Å². The summed E-state index contributed by atoms with van der Waals surface area (Å²) in [5.41, 5.74) is 2.06. The molecule has 9 nitrogen and oxygen atoms in total. The highest BCUT2D eigenvalue weighted by Gasteiger charge is 2.21. The number of nitro groups is 1. The average Bonchev–Trinajstić information content (AvgIpc) is 2.91. The Labute approximate surface area is 155 Å². The minimum Gasteiger partial charge on any atom is -0.344 e. The van der Waals surface area contributed by atoms with Gasteiger partial charge in [-0.15, -0.1) is 6.42 Å². The van der Waals surface area contributed by atoms with E-state index in [9.17, 15) is 19.7 Å². The van der Waals surface area contributed by atoms with E-state index in [4.69, 9.17) is 6.42 Å². The van der Waals surface area contributed by atoms with E-state index in [1.54, 1.807) is 42.8 Å². The van der Waals surface area contributed by atoms with Crippen molar-refractivity contribution in [3.63, 3.8) is 0 Å². The van der Waals surface area contributed by atoms with Gasteiger partial charge in [-0.25, -0.2) is 0 Å².